The number of thiophene rings is 1. The Labute approximate surface area is 146 Å². The van der Waals surface area contributed by atoms with Crippen molar-refractivity contribution in [2.45, 2.75) is 57.8 Å². The third kappa shape index (κ3) is 4.90. The van der Waals surface area contributed by atoms with Gasteiger partial charge in [0.1, 0.15) is 0 Å². The summed E-state index contributed by atoms with van der Waals surface area (Å²) in [6.07, 6.45) is 9.69. The third-order valence-corrected chi connectivity index (χ3v) is 5.42. The fourth-order valence-corrected chi connectivity index (χ4v) is 3.81. The first-order valence-corrected chi connectivity index (χ1v) is 9.85. The molecule has 0 radical (unpaired) electrons. The normalized spacial score (nSPS) is 15.5. The van der Waals surface area contributed by atoms with Crippen molar-refractivity contribution in [2.75, 3.05) is 6.54 Å². The standard InChI is InChI=1S/C18H25N3O2S/c22-18(14-8-3-1-4-9-14)19-12-6-2-5-11-16-20-17(21-23-16)15-10-7-13-24-15/h7,10,13-14H,1-6,8-9,11-12H2,(H,19,22). The van der Waals surface area contributed by atoms with E-state index in [1.165, 1.54) is 19.3 Å². The van der Waals surface area contributed by atoms with Crippen LogP contribution < -0.4 is 5.32 Å². The van der Waals surface area contributed by atoms with Gasteiger partial charge in [-0.15, -0.1) is 11.3 Å². The van der Waals surface area contributed by atoms with Crippen molar-refractivity contribution >= 4 is 17.2 Å². The van der Waals surface area contributed by atoms with Crippen molar-refractivity contribution < 1.29 is 9.32 Å². The molecule has 2 aromatic rings. The van der Waals surface area contributed by atoms with Crippen LogP contribution >= 0.6 is 11.3 Å². The van der Waals surface area contributed by atoms with Gasteiger partial charge in [0.05, 0.1) is 4.88 Å². The maximum atomic E-state index is 12.0. The van der Waals surface area contributed by atoms with Gasteiger partial charge in [0.15, 0.2) is 0 Å². The number of rotatable bonds is 8. The molecular formula is C18H25N3O2S. The number of aromatic nitrogens is 2. The zero-order valence-corrected chi connectivity index (χ0v) is 14.8. The van der Waals surface area contributed by atoms with E-state index < -0.39 is 0 Å². The van der Waals surface area contributed by atoms with Gasteiger partial charge in [-0.1, -0.05) is 36.9 Å². The third-order valence-electron chi connectivity index (χ3n) is 4.55. The molecule has 0 atom stereocenters. The van der Waals surface area contributed by atoms with E-state index >= 15 is 0 Å². The molecule has 1 N–H and O–H groups in total. The predicted octanol–water partition coefficient (Wildman–Crippen LogP) is 4.21. The zero-order chi connectivity index (χ0) is 16.6. The maximum absolute atomic E-state index is 12.0. The molecule has 2 heterocycles. The van der Waals surface area contributed by atoms with Crippen molar-refractivity contribution in [3.05, 3.63) is 23.4 Å². The van der Waals surface area contributed by atoms with Gasteiger partial charge in [0.25, 0.3) is 0 Å². The minimum Gasteiger partial charge on any atom is -0.356 e. The molecule has 2 aromatic heterocycles. The van der Waals surface area contributed by atoms with E-state index in [9.17, 15) is 4.79 Å². The first kappa shape index (κ1) is 17.1. The monoisotopic (exact) mass is 347 g/mol. The first-order chi connectivity index (χ1) is 11.8. The van der Waals surface area contributed by atoms with Gasteiger partial charge in [-0.3, -0.25) is 4.79 Å². The Morgan fingerprint density at radius 3 is 2.92 bits per heavy atom. The molecule has 24 heavy (non-hydrogen) atoms. The molecular weight excluding hydrogens is 322 g/mol. The van der Waals surface area contributed by atoms with E-state index in [0.717, 1.165) is 49.9 Å². The number of amides is 1. The minimum absolute atomic E-state index is 0.257. The highest BCUT2D eigenvalue weighted by molar-refractivity contribution is 7.13. The van der Waals surface area contributed by atoms with Crippen LogP contribution in [0.4, 0.5) is 0 Å². The molecule has 1 saturated carbocycles. The van der Waals surface area contributed by atoms with Gasteiger partial charge in [0.2, 0.25) is 17.6 Å². The number of carbonyl (C=O) groups is 1. The molecule has 0 bridgehead atoms. The van der Waals surface area contributed by atoms with Crippen molar-refractivity contribution in [3.63, 3.8) is 0 Å². The summed E-state index contributed by atoms with van der Waals surface area (Å²) in [5, 5.41) is 9.11. The van der Waals surface area contributed by atoms with Gasteiger partial charge in [-0.05, 0) is 37.1 Å². The van der Waals surface area contributed by atoms with Crippen LogP contribution in [-0.4, -0.2) is 22.6 Å². The Morgan fingerprint density at radius 2 is 2.12 bits per heavy atom. The second kappa shape index (κ2) is 8.97. The quantitative estimate of drug-likeness (QED) is 0.726. The summed E-state index contributed by atoms with van der Waals surface area (Å²) in [6, 6.07) is 3.98. The Bertz CT molecular complexity index is 618. The SMILES string of the molecule is O=C(NCCCCCc1nc(-c2cccs2)no1)C1CCCCC1. The van der Waals surface area contributed by atoms with Crippen molar-refractivity contribution in [1.82, 2.24) is 15.5 Å². The molecule has 0 saturated heterocycles. The number of aryl methyl sites for hydroxylation is 1. The number of carbonyl (C=O) groups excluding carboxylic acids is 1. The largest absolute Gasteiger partial charge is 0.356 e. The molecule has 5 nitrogen and oxygen atoms in total. The van der Waals surface area contributed by atoms with E-state index in [4.69, 9.17) is 4.52 Å². The van der Waals surface area contributed by atoms with Crippen LogP contribution in [0.2, 0.25) is 0 Å². The number of nitrogens with one attached hydrogen (secondary N) is 1. The number of nitrogens with zero attached hydrogens (tertiary/aromatic N) is 2. The highest BCUT2D eigenvalue weighted by atomic mass is 32.1. The van der Waals surface area contributed by atoms with E-state index in [1.807, 2.05) is 17.5 Å². The fourth-order valence-electron chi connectivity index (χ4n) is 3.16. The molecule has 1 fully saturated rings. The van der Waals surface area contributed by atoms with Crippen molar-refractivity contribution in [2.24, 2.45) is 5.92 Å². The van der Waals surface area contributed by atoms with E-state index in [1.54, 1.807) is 11.3 Å². The van der Waals surface area contributed by atoms with Gasteiger partial charge in [0, 0.05) is 18.9 Å². The molecule has 1 amide bonds. The maximum Gasteiger partial charge on any atom is 0.226 e. The summed E-state index contributed by atoms with van der Waals surface area (Å²) >= 11 is 1.61. The molecule has 0 aliphatic heterocycles. The van der Waals surface area contributed by atoms with Crippen molar-refractivity contribution in [3.8, 4) is 10.7 Å². The lowest BCUT2D eigenvalue weighted by molar-refractivity contribution is -0.125. The summed E-state index contributed by atoms with van der Waals surface area (Å²) in [4.78, 5) is 17.5. The zero-order valence-electron chi connectivity index (χ0n) is 14.0. The molecule has 1 aliphatic carbocycles. The fraction of sp³-hybridized carbons (Fsp3) is 0.611. The molecule has 0 aromatic carbocycles. The molecule has 130 valence electrons. The summed E-state index contributed by atoms with van der Waals surface area (Å²) in [5.41, 5.74) is 0. The number of hydrogen-bond acceptors (Lipinski definition) is 5. The van der Waals surface area contributed by atoms with Crippen LogP contribution in [0.25, 0.3) is 10.7 Å². The first-order valence-electron chi connectivity index (χ1n) is 8.97. The molecule has 6 heteroatoms. The summed E-state index contributed by atoms with van der Waals surface area (Å²) in [7, 11) is 0. The molecule has 3 rings (SSSR count). The van der Waals surface area contributed by atoms with Crippen LogP contribution in [0, 0.1) is 5.92 Å². The summed E-state index contributed by atoms with van der Waals surface area (Å²) in [5.74, 6) is 1.89. The smallest absolute Gasteiger partial charge is 0.226 e. The lowest BCUT2D eigenvalue weighted by Crippen LogP contribution is -2.32. The van der Waals surface area contributed by atoms with E-state index in [0.29, 0.717) is 11.7 Å². The molecule has 0 spiro atoms. The lowest BCUT2D eigenvalue weighted by atomic mass is 9.89. The number of unbranched alkanes of at least 4 members (excludes halogenated alkanes) is 2. The van der Waals surface area contributed by atoms with Gasteiger partial charge < -0.3 is 9.84 Å². The van der Waals surface area contributed by atoms with Crippen LogP contribution in [0.3, 0.4) is 0 Å². The van der Waals surface area contributed by atoms with Crippen LogP contribution in [0.15, 0.2) is 22.0 Å². The average Bonchev–Trinajstić information content (AvgIpc) is 3.29. The minimum atomic E-state index is 0.257. The topological polar surface area (TPSA) is 68.0 Å². The lowest BCUT2D eigenvalue weighted by Gasteiger charge is -2.20. The van der Waals surface area contributed by atoms with Gasteiger partial charge in [-0.2, -0.15) is 4.98 Å². The van der Waals surface area contributed by atoms with E-state index in [2.05, 4.69) is 15.5 Å². The summed E-state index contributed by atoms with van der Waals surface area (Å²) in [6.45, 7) is 0.777. The van der Waals surface area contributed by atoms with Crippen LogP contribution in [0.5, 0.6) is 0 Å². The van der Waals surface area contributed by atoms with Crippen molar-refractivity contribution in [1.29, 1.82) is 0 Å². The van der Waals surface area contributed by atoms with Gasteiger partial charge in [-0.25, -0.2) is 0 Å². The average molecular weight is 347 g/mol. The Hall–Kier alpha value is -1.69. The second-order valence-electron chi connectivity index (χ2n) is 6.43. The predicted molar refractivity (Wildman–Crippen MR) is 94.8 cm³/mol. The second-order valence-corrected chi connectivity index (χ2v) is 7.37. The van der Waals surface area contributed by atoms with E-state index in [-0.39, 0.29) is 11.8 Å². The van der Waals surface area contributed by atoms with Crippen LogP contribution in [0.1, 0.15) is 57.3 Å². The molecule has 0 unspecified atom stereocenters. The highest BCUT2D eigenvalue weighted by Crippen LogP contribution is 2.23. The van der Waals surface area contributed by atoms with Crippen LogP contribution in [-0.2, 0) is 11.2 Å². The van der Waals surface area contributed by atoms with Gasteiger partial charge >= 0.3 is 0 Å². The highest BCUT2D eigenvalue weighted by Gasteiger charge is 2.20. The Morgan fingerprint density at radius 1 is 1.25 bits per heavy atom. The molecule has 1 aliphatic rings. The number of hydrogen-bond donors (Lipinski definition) is 1. The summed E-state index contributed by atoms with van der Waals surface area (Å²) < 4.78 is 5.29. The Balaban J connectivity index is 1.28. The Kier molecular flexibility index (Phi) is 6.41.